The van der Waals surface area contributed by atoms with E-state index < -0.39 is 0 Å². The van der Waals surface area contributed by atoms with E-state index in [0.29, 0.717) is 35.7 Å². The molecule has 144 valence electrons. The van der Waals surface area contributed by atoms with Gasteiger partial charge in [0.05, 0.1) is 4.92 Å². The Kier molecular flexibility index (Phi) is 6.36. The summed E-state index contributed by atoms with van der Waals surface area (Å²) in [5.74, 6) is 0.708. The summed E-state index contributed by atoms with van der Waals surface area (Å²) in [6.07, 6.45) is 0. The van der Waals surface area contributed by atoms with Crippen LogP contribution in [0.25, 0.3) is 0 Å². The summed E-state index contributed by atoms with van der Waals surface area (Å²) in [6, 6.07) is 12.7. The predicted octanol–water partition coefficient (Wildman–Crippen LogP) is 3.54. The van der Waals surface area contributed by atoms with Crippen molar-refractivity contribution in [1.29, 1.82) is 0 Å². The number of piperazine rings is 1. The topological polar surface area (TPSA) is 79.7 Å². The molecule has 0 unspecified atom stereocenters. The third-order valence-electron chi connectivity index (χ3n) is 4.41. The van der Waals surface area contributed by atoms with E-state index in [9.17, 15) is 10.1 Å². The Morgan fingerprint density at radius 3 is 2.81 bits per heavy atom. The number of nitro benzene ring substituents is 1. The Balaban J connectivity index is 1.64. The fourth-order valence-electron chi connectivity index (χ4n) is 3.07. The van der Waals surface area contributed by atoms with Gasteiger partial charge >= 0.3 is 0 Å². The first-order valence-corrected chi connectivity index (χ1v) is 9.30. The maximum absolute atomic E-state index is 11.3. The zero-order valence-electron chi connectivity index (χ0n) is 15.2. The number of hydrogen-bond donors (Lipinski definition) is 2. The molecule has 0 bridgehead atoms. The summed E-state index contributed by atoms with van der Waals surface area (Å²) in [4.78, 5) is 13.2. The highest BCUT2D eigenvalue weighted by molar-refractivity contribution is 6.30. The van der Waals surface area contributed by atoms with Crippen molar-refractivity contribution in [3.8, 4) is 5.75 Å². The van der Waals surface area contributed by atoms with E-state index in [-0.39, 0.29) is 10.6 Å². The summed E-state index contributed by atoms with van der Waals surface area (Å²) >= 11 is 5.85. The predicted molar refractivity (Wildman–Crippen MR) is 108 cm³/mol. The molecule has 7 nitrogen and oxygen atoms in total. The molecule has 27 heavy (non-hydrogen) atoms. The molecule has 0 saturated carbocycles. The third-order valence-corrected chi connectivity index (χ3v) is 4.66. The lowest BCUT2D eigenvalue weighted by molar-refractivity contribution is -0.383. The number of nitrogens with zero attached hydrogens (tertiary/aromatic N) is 2. The van der Waals surface area contributed by atoms with Crippen molar-refractivity contribution in [3.05, 3.63) is 57.6 Å². The Bertz CT molecular complexity index is 785. The average molecular weight is 391 g/mol. The zero-order valence-corrected chi connectivity index (χ0v) is 15.9. The number of halogens is 1. The van der Waals surface area contributed by atoms with Gasteiger partial charge in [-0.2, -0.15) is 0 Å². The van der Waals surface area contributed by atoms with Gasteiger partial charge in [-0.05, 0) is 43.3 Å². The summed E-state index contributed by atoms with van der Waals surface area (Å²) < 4.78 is 5.63. The molecule has 8 heteroatoms. The minimum atomic E-state index is -0.369. The quantitative estimate of drug-likeness (QED) is 0.427. The number of benzene rings is 2. The number of hydrogen-bond acceptors (Lipinski definition) is 6. The van der Waals surface area contributed by atoms with Crippen LogP contribution in [0.3, 0.4) is 0 Å². The number of nitro groups is 1. The fourth-order valence-corrected chi connectivity index (χ4v) is 3.20. The molecule has 0 radical (unpaired) electrons. The van der Waals surface area contributed by atoms with Crippen LogP contribution in [-0.2, 0) is 0 Å². The Labute approximate surface area is 163 Å². The number of rotatable bonds is 7. The first kappa shape index (κ1) is 19.3. The lowest BCUT2D eigenvalue weighted by Crippen LogP contribution is -2.49. The van der Waals surface area contributed by atoms with Gasteiger partial charge in [-0.3, -0.25) is 10.1 Å². The fraction of sp³-hybridized carbons (Fsp3) is 0.368. The molecule has 2 aromatic carbocycles. The zero-order chi connectivity index (χ0) is 19.2. The van der Waals surface area contributed by atoms with Crippen LogP contribution in [0.1, 0.15) is 6.92 Å². The highest BCUT2D eigenvalue weighted by Crippen LogP contribution is 2.30. The maximum Gasteiger partial charge on any atom is 0.292 e. The van der Waals surface area contributed by atoms with Crippen molar-refractivity contribution < 1.29 is 9.66 Å². The van der Waals surface area contributed by atoms with E-state index >= 15 is 0 Å². The molecule has 1 aliphatic heterocycles. The van der Waals surface area contributed by atoms with Crippen molar-refractivity contribution in [2.45, 2.75) is 13.0 Å². The molecule has 1 aliphatic rings. The molecule has 0 aromatic heterocycles. The normalized spacial score (nSPS) is 16.8. The molecular weight excluding hydrogens is 368 g/mol. The van der Waals surface area contributed by atoms with Crippen LogP contribution in [0.5, 0.6) is 5.75 Å². The van der Waals surface area contributed by atoms with E-state index in [1.54, 1.807) is 30.3 Å². The van der Waals surface area contributed by atoms with Crippen molar-refractivity contribution >= 4 is 28.7 Å². The van der Waals surface area contributed by atoms with Crippen LogP contribution in [0, 0.1) is 10.1 Å². The molecule has 0 amide bonds. The molecular formula is C19H23ClN4O3. The van der Waals surface area contributed by atoms with E-state index in [1.807, 2.05) is 12.1 Å². The minimum absolute atomic E-state index is 0.0634. The smallest absolute Gasteiger partial charge is 0.292 e. The van der Waals surface area contributed by atoms with Gasteiger partial charge in [-0.25, -0.2) is 0 Å². The molecule has 3 rings (SSSR count). The summed E-state index contributed by atoms with van der Waals surface area (Å²) in [5.41, 5.74) is 1.55. The van der Waals surface area contributed by atoms with Crippen molar-refractivity contribution in [2.75, 3.05) is 43.0 Å². The van der Waals surface area contributed by atoms with Crippen LogP contribution in [-0.4, -0.2) is 43.8 Å². The van der Waals surface area contributed by atoms with Gasteiger partial charge in [-0.15, -0.1) is 0 Å². The van der Waals surface area contributed by atoms with Crippen molar-refractivity contribution in [2.24, 2.45) is 0 Å². The Hall–Kier alpha value is -2.51. The van der Waals surface area contributed by atoms with E-state index in [2.05, 4.69) is 22.5 Å². The van der Waals surface area contributed by atoms with Crippen molar-refractivity contribution in [1.82, 2.24) is 5.32 Å². The average Bonchev–Trinajstić information content (AvgIpc) is 2.66. The molecule has 1 saturated heterocycles. The monoisotopic (exact) mass is 390 g/mol. The standard InChI is InChI=1S/C19H23ClN4O3/c1-14-13-23(10-8-21-14)16-4-7-19(24(25)26)18(12-16)22-9-11-27-17-5-2-15(20)3-6-17/h2-7,12,14,21-22H,8-11,13H2,1H3/t14-/m1/s1. The molecule has 2 aromatic rings. The second-order valence-electron chi connectivity index (χ2n) is 6.49. The first-order valence-electron chi connectivity index (χ1n) is 8.92. The van der Waals surface area contributed by atoms with Gasteiger partial charge in [0.2, 0.25) is 0 Å². The molecule has 1 atom stereocenters. The molecule has 1 heterocycles. The summed E-state index contributed by atoms with van der Waals surface area (Å²) in [6.45, 7) is 5.61. The second kappa shape index (κ2) is 8.92. The first-order chi connectivity index (χ1) is 13.0. The summed E-state index contributed by atoms with van der Waals surface area (Å²) in [5, 5.41) is 18.5. The maximum atomic E-state index is 11.3. The highest BCUT2D eigenvalue weighted by Gasteiger charge is 2.20. The minimum Gasteiger partial charge on any atom is -0.492 e. The number of nitrogens with one attached hydrogen (secondary N) is 2. The van der Waals surface area contributed by atoms with E-state index in [4.69, 9.17) is 16.3 Å². The van der Waals surface area contributed by atoms with Crippen LogP contribution < -0.4 is 20.3 Å². The van der Waals surface area contributed by atoms with Gasteiger partial charge in [0.25, 0.3) is 5.69 Å². The van der Waals surface area contributed by atoms with Crippen LogP contribution >= 0.6 is 11.6 Å². The Morgan fingerprint density at radius 1 is 1.33 bits per heavy atom. The van der Waals surface area contributed by atoms with Gasteiger partial charge < -0.3 is 20.3 Å². The third kappa shape index (κ3) is 5.24. The van der Waals surface area contributed by atoms with Gasteiger partial charge in [0, 0.05) is 49.0 Å². The van der Waals surface area contributed by atoms with Crippen LogP contribution in [0.4, 0.5) is 17.1 Å². The van der Waals surface area contributed by atoms with E-state index in [0.717, 1.165) is 25.3 Å². The number of anilines is 2. The molecule has 0 spiro atoms. The SMILES string of the molecule is C[C@@H]1CN(c2ccc([N+](=O)[O-])c(NCCOc3ccc(Cl)cc3)c2)CCN1. The Morgan fingerprint density at radius 2 is 2.11 bits per heavy atom. The van der Waals surface area contributed by atoms with E-state index in [1.165, 1.54) is 0 Å². The summed E-state index contributed by atoms with van der Waals surface area (Å²) in [7, 11) is 0. The molecule has 0 aliphatic carbocycles. The molecule has 1 fully saturated rings. The second-order valence-corrected chi connectivity index (χ2v) is 6.93. The largest absolute Gasteiger partial charge is 0.492 e. The van der Waals surface area contributed by atoms with Gasteiger partial charge in [-0.1, -0.05) is 11.6 Å². The van der Waals surface area contributed by atoms with Crippen molar-refractivity contribution in [3.63, 3.8) is 0 Å². The van der Waals surface area contributed by atoms with Crippen LogP contribution in [0.2, 0.25) is 5.02 Å². The highest BCUT2D eigenvalue weighted by atomic mass is 35.5. The lowest BCUT2D eigenvalue weighted by Gasteiger charge is -2.33. The molecule has 2 N–H and O–H groups in total. The number of ether oxygens (including phenoxy) is 1. The van der Waals surface area contributed by atoms with Crippen LogP contribution in [0.15, 0.2) is 42.5 Å². The van der Waals surface area contributed by atoms with Gasteiger partial charge in [0.1, 0.15) is 18.0 Å². The lowest BCUT2D eigenvalue weighted by atomic mass is 10.1. The van der Waals surface area contributed by atoms with Gasteiger partial charge in [0.15, 0.2) is 0 Å².